The summed E-state index contributed by atoms with van der Waals surface area (Å²) in [5.41, 5.74) is 4.90. The molecule has 0 saturated carbocycles. The Balaban J connectivity index is 1.67. The Morgan fingerprint density at radius 2 is 0.833 bits per heavy atom. The van der Waals surface area contributed by atoms with Gasteiger partial charge in [-0.25, -0.2) is 0 Å². The molecule has 0 fully saturated rings. The van der Waals surface area contributed by atoms with Crippen LogP contribution in [-0.4, -0.2) is 48.8 Å². The predicted octanol–water partition coefficient (Wildman–Crippen LogP) is 9.41. The first-order valence-electron chi connectivity index (χ1n) is 15.8. The van der Waals surface area contributed by atoms with Gasteiger partial charge in [-0.2, -0.15) is 0 Å². The van der Waals surface area contributed by atoms with E-state index in [1.54, 1.807) is 12.4 Å². The third-order valence-electron chi connectivity index (χ3n) is 7.44. The van der Waals surface area contributed by atoms with E-state index in [1.807, 2.05) is 24.3 Å². The third-order valence-corrected chi connectivity index (χ3v) is 7.44. The van der Waals surface area contributed by atoms with E-state index >= 15 is 0 Å². The van der Waals surface area contributed by atoms with Gasteiger partial charge < -0.3 is 20.0 Å². The third kappa shape index (κ3) is 10.2. The van der Waals surface area contributed by atoms with Crippen LogP contribution in [0.25, 0.3) is 0 Å². The molecule has 6 nitrogen and oxygen atoms in total. The van der Waals surface area contributed by atoms with Crippen molar-refractivity contribution in [3.05, 3.63) is 71.8 Å². The number of hydrogen-bond acceptors (Lipinski definition) is 6. The first-order valence-corrected chi connectivity index (χ1v) is 15.8. The minimum atomic E-state index is 0.0396. The van der Waals surface area contributed by atoms with Crippen LogP contribution in [0, 0.1) is 0 Å². The van der Waals surface area contributed by atoms with Crippen LogP contribution >= 0.6 is 0 Å². The lowest BCUT2D eigenvalue weighted by molar-refractivity contribution is 0.459. The zero-order valence-electron chi connectivity index (χ0n) is 26.1. The minimum absolute atomic E-state index is 0.0396. The zero-order chi connectivity index (χ0) is 30.2. The maximum atomic E-state index is 10.6. The lowest BCUT2D eigenvalue weighted by atomic mass is 10.1. The Morgan fingerprint density at radius 1 is 0.524 bits per heavy atom. The molecule has 0 bridgehead atoms. The van der Waals surface area contributed by atoms with Crippen LogP contribution < -0.4 is 9.80 Å². The molecule has 0 aliphatic heterocycles. The fourth-order valence-corrected chi connectivity index (χ4v) is 4.74. The highest BCUT2D eigenvalue weighted by Crippen LogP contribution is 2.28. The number of benzene rings is 3. The summed E-state index contributed by atoms with van der Waals surface area (Å²) < 4.78 is 0. The SMILES string of the molecule is CCCCN(CCCC)c1ccc(N=Cc2cc(O)c(C=Nc3ccc(N(CCCC)CCCC)cc3)cc2O)cc1. The summed E-state index contributed by atoms with van der Waals surface area (Å²) in [5, 5.41) is 21.3. The van der Waals surface area contributed by atoms with E-state index in [0.717, 1.165) is 37.6 Å². The van der Waals surface area contributed by atoms with E-state index in [-0.39, 0.29) is 11.5 Å². The van der Waals surface area contributed by atoms with Gasteiger partial charge in [-0.1, -0.05) is 53.4 Å². The van der Waals surface area contributed by atoms with Crippen molar-refractivity contribution in [2.75, 3.05) is 36.0 Å². The Hall–Kier alpha value is -3.80. The van der Waals surface area contributed by atoms with Crippen LogP contribution in [-0.2, 0) is 0 Å². The normalized spacial score (nSPS) is 11.5. The molecule has 0 spiro atoms. The molecular formula is C36H50N4O2. The number of rotatable bonds is 18. The Morgan fingerprint density at radius 3 is 1.12 bits per heavy atom. The van der Waals surface area contributed by atoms with E-state index in [4.69, 9.17) is 0 Å². The number of aliphatic imine (C=N–C) groups is 2. The lowest BCUT2D eigenvalue weighted by Crippen LogP contribution is -2.25. The maximum Gasteiger partial charge on any atom is 0.125 e. The Kier molecular flexibility index (Phi) is 13.9. The number of aromatic hydroxyl groups is 2. The highest BCUT2D eigenvalue weighted by Gasteiger charge is 2.09. The first-order chi connectivity index (χ1) is 20.5. The highest BCUT2D eigenvalue weighted by atomic mass is 16.3. The second kappa shape index (κ2) is 17.9. The molecule has 3 aromatic rings. The van der Waals surface area contributed by atoms with Crippen molar-refractivity contribution in [2.45, 2.75) is 79.1 Å². The van der Waals surface area contributed by atoms with Crippen molar-refractivity contribution < 1.29 is 10.2 Å². The zero-order valence-corrected chi connectivity index (χ0v) is 26.1. The summed E-state index contributed by atoms with van der Waals surface area (Å²) in [6, 6.07) is 19.4. The van der Waals surface area contributed by atoms with Gasteiger partial charge in [-0.3, -0.25) is 9.98 Å². The molecule has 0 radical (unpaired) electrons. The van der Waals surface area contributed by atoms with Crippen molar-refractivity contribution in [1.29, 1.82) is 0 Å². The van der Waals surface area contributed by atoms with E-state index in [0.29, 0.717) is 11.1 Å². The van der Waals surface area contributed by atoms with Gasteiger partial charge in [0.2, 0.25) is 0 Å². The van der Waals surface area contributed by atoms with Gasteiger partial charge in [0.15, 0.2) is 0 Å². The molecule has 0 amide bonds. The minimum Gasteiger partial charge on any atom is -0.507 e. The molecule has 0 unspecified atom stereocenters. The molecule has 6 heteroatoms. The van der Waals surface area contributed by atoms with Crippen molar-refractivity contribution in [3.63, 3.8) is 0 Å². The van der Waals surface area contributed by atoms with Crippen LogP contribution in [0.4, 0.5) is 22.7 Å². The standard InChI is InChI=1S/C36H50N4O2/c1-5-9-21-39(22-10-6-2)33-17-13-31(14-18-33)37-27-29-25-36(42)30(26-35(29)41)28-38-32-15-19-34(20-16-32)40(23-11-7-3)24-12-8-4/h13-20,25-28,41-42H,5-12,21-24H2,1-4H3. The van der Waals surface area contributed by atoms with E-state index in [9.17, 15) is 10.2 Å². The summed E-state index contributed by atoms with van der Waals surface area (Å²) in [5.74, 6) is 0.0792. The Labute approximate surface area is 253 Å². The molecule has 0 saturated heterocycles. The average molecular weight is 571 g/mol. The number of nitrogens with zero attached hydrogens (tertiary/aromatic N) is 4. The van der Waals surface area contributed by atoms with Crippen LogP contribution in [0.5, 0.6) is 11.5 Å². The molecule has 0 atom stereocenters. The number of phenolic OH excluding ortho intramolecular Hbond substituents is 2. The molecule has 3 rings (SSSR count). The Bertz CT molecular complexity index is 1140. The first kappa shape index (κ1) is 32.7. The van der Waals surface area contributed by atoms with Crippen molar-refractivity contribution in [3.8, 4) is 11.5 Å². The fourth-order valence-electron chi connectivity index (χ4n) is 4.74. The second-order valence-corrected chi connectivity index (χ2v) is 10.9. The maximum absolute atomic E-state index is 10.6. The quantitative estimate of drug-likeness (QED) is 0.118. The highest BCUT2D eigenvalue weighted by molar-refractivity contribution is 5.92. The molecule has 0 aliphatic rings. The van der Waals surface area contributed by atoms with Crippen LogP contribution in [0.1, 0.15) is 90.2 Å². The number of hydrogen-bond donors (Lipinski definition) is 2. The van der Waals surface area contributed by atoms with E-state index in [1.165, 1.54) is 74.9 Å². The topological polar surface area (TPSA) is 71.7 Å². The van der Waals surface area contributed by atoms with Crippen LogP contribution in [0.15, 0.2) is 70.6 Å². The molecular weight excluding hydrogens is 520 g/mol. The smallest absolute Gasteiger partial charge is 0.125 e. The molecule has 226 valence electrons. The van der Waals surface area contributed by atoms with Gasteiger partial charge in [0.25, 0.3) is 0 Å². The number of anilines is 2. The van der Waals surface area contributed by atoms with Gasteiger partial charge in [0.05, 0.1) is 11.4 Å². The summed E-state index contributed by atoms with van der Waals surface area (Å²) in [4.78, 5) is 13.9. The van der Waals surface area contributed by atoms with Gasteiger partial charge in [-0.05, 0) is 86.3 Å². The van der Waals surface area contributed by atoms with Gasteiger partial charge in [0, 0.05) is 61.1 Å². The molecule has 0 aliphatic carbocycles. The largest absolute Gasteiger partial charge is 0.507 e. The number of unbranched alkanes of at least 4 members (excludes halogenated alkanes) is 4. The average Bonchev–Trinajstić information content (AvgIpc) is 3.01. The molecule has 42 heavy (non-hydrogen) atoms. The van der Waals surface area contributed by atoms with Crippen molar-refractivity contribution >= 4 is 35.2 Å². The summed E-state index contributed by atoms with van der Waals surface area (Å²) in [6.45, 7) is 13.1. The predicted molar refractivity (Wildman–Crippen MR) is 181 cm³/mol. The van der Waals surface area contributed by atoms with Gasteiger partial charge in [0.1, 0.15) is 11.5 Å². The van der Waals surface area contributed by atoms with Crippen LogP contribution in [0.3, 0.4) is 0 Å². The van der Waals surface area contributed by atoms with E-state index < -0.39 is 0 Å². The summed E-state index contributed by atoms with van der Waals surface area (Å²) >= 11 is 0. The van der Waals surface area contributed by atoms with Crippen LogP contribution in [0.2, 0.25) is 0 Å². The van der Waals surface area contributed by atoms with Crippen molar-refractivity contribution in [2.24, 2.45) is 9.98 Å². The van der Waals surface area contributed by atoms with Gasteiger partial charge in [-0.15, -0.1) is 0 Å². The lowest BCUT2D eigenvalue weighted by Gasteiger charge is -2.24. The van der Waals surface area contributed by atoms with E-state index in [2.05, 4.69) is 71.7 Å². The molecule has 0 aromatic heterocycles. The molecule has 3 aromatic carbocycles. The molecule has 2 N–H and O–H groups in total. The fraction of sp³-hybridized carbons (Fsp3) is 0.444. The summed E-state index contributed by atoms with van der Waals surface area (Å²) in [7, 11) is 0. The second-order valence-electron chi connectivity index (χ2n) is 10.9. The number of phenols is 2. The summed E-state index contributed by atoms with van der Waals surface area (Å²) in [6.07, 6.45) is 12.6. The van der Waals surface area contributed by atoms with Crippen molar-refractivity contribution in [1.82, 2.24) is 0 Å². The molecule has 0 heterocycles. The van der Waals surface area contributed by atoms with Gasteiger partial charge >= 0.3 is 0 Å². The monoisotopic (exact) mass is 570 g/mol.